The van der Waals surface area contributed by atoms with E-state index in [1.807, 2.05) is 11.7 Å². The number of rotatable bonds is 8. The quantitative estimate of drug-likeness (QED) is 0.576. The van der Waals surface area contributed by atoms with Crippen LogP contribution in [0.1, 0.15) is 49.6 Å². The Morgan fingerprint density at radius 1 is 1.37 bits per heavy atom. The zero-order valence-corrected chi connectivity index (χ0v) is 12.8. The van der Waals surface area contributed by atoms with Gasteiger partial charge in [-0.05, 0) is 51.6 Å². The van der Waals surface area contributed by atoms with Gasteiger partial charge >= 0.3 is 0 Å². The van der Waals surface area contributed by atoms with Crippen molar-refractivity contribution >= 4 is 0 Å². The van der Waals surface area contributed by atoms with Gasteiger partial charge in [0.1, 0.15) is 0 Å². The normalized spacial score (nSPS) is 12.4. The molecule has 0 radical (unpaired) electrons. The Morgan fingerprint density at radius 2 is 2.11 bits per heavy atom. The van der Waals surface area contributed by atoms with E-state index < -0.39 is 0 Å². The third-order valence-corrected chi connectivity index (χ3v) is 3.77. The summed E-state index contributed by atoms with van der Waals surface area (Å²) in [6.07, 6.45) is 10.7. The molecule has 0 bridgehead atoms. The van der Waals surface area contributed by atoms with Crippen molar-refractivity contribution in [2.75, 3.05) is 6.54 Å². The van der Waals surface area contributed by atoms with Crippen LogP contribution in [-0.2, 0) is 13.5 Å². The minimum Gasteiger partial charge on any atom is -0.314 e. The average Bonchev–Trinajstić information content (AvgIpc) is 2.61. The van der Waals surface area contributed by atoms with Gasteiger partial charge in [0.15, 0.2) is 0 Å². The van der Waals surface area contributed by atoms with E-state index in [4.69, 9.17) is 6.42 Å². The highest BCUT2D eigenvalue weighted by Crippen LogP contribution is 2.16. The molecule has 3 nitrogen and oxygen atoms in total. The predicted octanol–water partition coefficient (Wildman–Crippen LogP) is 2.75. The molecule has 1 heterocycles. The van der Waals surface area contributed by atoms with Gasteiger partial charge < -0.3 is 5.32 Å². The molecule has 0 saturated carbocycles. The smallest absolute Gasteiger partial charge is 0.0628 e. The van der Waals surface area contributed by atoms with Gasteiger partial charge in [0.05, 0.1) is 5.69 Å². The first-order valence-electron chi connectivity index (χ1n) is 7.26. The molecule has 0 fully saturated rings. The van der Waals surface area contributed by atoms with E-state index >= 15 is 0 Å². The molecule has 1 N–H and O–H groups in total. The number of aryl methyl sites for hydroxylation is 2. The third-order valence-electron chi connectivity index (χ3n) is 3.77. The highest BCUT2D eigenvalue weighted by Gasteiger charge is 2.12. The second-order valence-electron chi connectivity index (χ2n) is 5.16. The summed E-state index contributed by atoms with van der Waals surface area (Å²) in [7, 11) is 2.01. The van der Waals surface area contributed by atoms with Crippen molar-refractivity contribution in [2.45, 2.75) is 58.9 Å². The van der Waals surface area contributed by atoms with Crippen LogP contribution in [0, 0.1) is 26.2 Å². The van der Waals surface area contributed by atoms with Gasteiger partial charge in [0.25, 0.3) is 0 Å². The van der Waals surface area contributed by atoms with E-state index in [9.17, 15) is 0 Å². The maximum Gasteiger partial charge on any atom is 0.0628 e. The largest absolute Gasteiger partial charge is 0.314 e. The minimum absolute atomic E-state index is 0.567. The van der Waals surface area contributed by atoms with Crippen LogP contribution in [0.2, 0.25) is 0 Å². The van der Waals surface area contributed by atoms with E-state index in [1.54, 1.807) is 0 Å². The van der Waals surface area contributed by atoms with Crippen LogP contribution in [0.5, 0.6) is 0 Å². The lowest BCUT2D eigenvalue weighted by Gasteiger charge is -2.17. The molecule has 106 valence electrons. The van der Waals surface area contributed by atoms with Gasteiger partial charge in [-0.1, -0.05) is 6.92 Å². The highest BCUT2D eigenvalue weighted by molar-refractivity contribution is 5.24. The fraction of sp³-hybridized carbons (Fsp3) is 0.688. The van der Waals surface area contributed by atoms with Crippen molar-refractivity contribution in [3.05, 3.63) is 17.0 Å². The minimum atomic E-state index is 0.567. The maximum atomic E-state index is 5.31. The SMILES string of the molecule is C#CCCCC(CCc1c(C)nn(C)c1C)NCC. The summed E-state index contributed by atoms with van der Waals surface area (Å²) in [5.74, 6) is 2.72. The molecule has 0 saturated heterocycles. The second-order valence-corrected chi connectivity index (χ2v) is 5.16. The zero-order valence-electron chi connectivity index (χ0n) is 12.8. The molecule has 19 heavy (non-hydrogen) atoms. The lowest BCUT2D eigenvalue weighted by molar-refractivity contribution is 0.453. The van der Waals surface area contributed by atoms with Gasteiger partial charge in [-0.15, -0.1) is 12.3 Å². The molecule has 0 aliphatic carbocycles. The summed E-state index contributed by atoms with van der Waals surface area (Å²) in [6.45, 7) is 7.43. The van der Waals surface area contributed by atoms with Crippen molar-refractivity contribution in [3.63, 3.8) is 0 Å². The Balaban J connectivity index is 2.53. The summed E-state index contributed by atoms with van der Waals surface area (Å²) in [5.41, 5.74) is 3.86. The first-order valence-corrected chi connectivity index (χ1v) is 7.26. The Morgan fingerprint density at radius 3 is 2.63 bits per heavy atom. The molecule has 0 aromatic carbocycles. The zero-order chi connectivity index (χ0) is 14.3. The summed E-state index contributed by atoms with van der Waals surface area (Å²) in [5, 5.41) is 8.04. The van der Waals surface area contributed by atoms with E-state index in [0.29, 0.717) is 6.04 Å². The fourth-order valence-electron chi connectivity index (χ4n) is 2.59. The first-order chi connectivity index (χ1) is 9.10. The molecular weight excluding hydrogens is 234 g/mol. The second kappa shape index (κ2) is 8.01. The molecule has 1 unspecified atom stereocenters. The van der Waals surface area contributed by atoms with Crippen LogP contribution in [0.3, 0.4) is 0 Å². The van der Waals surface area contributed by atoms with E-state index in [1.165, 1.54) is 17.0 Å². The van der Waals surface area contributed by atoms with Gasteiger partial charge in [-0.3, -0.25) is 4.68 Å². The third kappa shape index (κ3) is 4.72. The Labute approximate surface area is 117 Å². The number of terminal acetylenes is 1. The lowest BCUT2D eigenvalue weighted by atomic mass is 10.00. The van der Waals surface area contributed by atoms with Crippen LogP contribution in [0.25, 0.3) is 0 Å². The lowest BCUT2D eigenvalue weighted by Crippen LogP contribution is -2.29. The van der Waals surface area contributed by atoms with Crippen molar-refractivity contribution in [2.24, 2.45) is 7.05 Å². The maximum absolute atomic E-state index is 5.31. The molecule has 1 aromatic heterocycles. The van der Waals surface area contributed by atoms with Crippen LogP contribution < -0.4 is 5.32 Å². The van der Waals surface area contributed by atoms with E-state index in [0.717, 1.165) is 38.6 Å². The summed E-state index contributed by atoms with van der Waals surface area (Å²) in [6, 6.07) is 0.567. The van der Waals surface area contributed by atoms with Crippen LogP contribution in [0.4, 0.5) is 0 Å². The molecule has 1 atom stereocenters. The molecule has 1 aromatic rings. The van der Waals surface area contributed by atoms with Crippen molar-refractivity contribution in [1.29, 1.82) is 0 Å². The van der Waals surface area contributed by atoms with Crippen LogP contribution >= 0.6 is 0 Å². The number of aromatic nitrogens is 2. The standard InChI is InChI=1S/C16H27N3/c1-6-8-9-10-15(17-7-2)11-12-16-13(3)18-19(5)14(16)4/h1,15,17H,7-12H2,2-5H3. The predicted molar refractivity (Wildman–Crippen MR) is 81.2 cm³/mol. The topological polar surface area (TPSA) is 29.9 Å². The molecule has 0 spiro atoms. The molecule has 0 aliphatic heterocycles. The van der Waals surface area contributed by atoms with Crippen molar-refractivity contribution < 1.29 is 0 Å². The summed E-state index contributed by atoms with van der Waals surface area (Å²) < 4.78 is 1.98. The number of hydrogen-bond donors (Lipinski definition) is 1. The van der Waals surface area contributed by atoms with Crippen molar-refractivity contribution in [3.8, 4) is 12.3 Å². The number of nitrogens with one attached hydrogen (secondary N) is 1. The highest BCUT2D eigenvalue weighted by atomic mass is 15.3. The van der Waals surface area contributed by atoms with Gasteiger partial charge in [0, 0.05) is 25.2 Å². The molecule has 0 aliphatic rings. The number of hydrogen-bond acceptors (Lipinski definition) is 2. The first kappa shape index (κ1) is 15.8. The summed E-state index contributed by atoms with van der Waals surface area (Å²) in [4.78, 5) is 0. The van der Waals surface area contributed by atoms with E-state index in [2.05, 4.69) is 37.1 Å². The van der Waals surface area contributed by atoms with Crippen LogP contribution in [-0.4, -0.2) is 22.4 Å². The average molecular weight is 261 g/mol. The molecular formula is C16H27N3. The fourth-order valence-corrected chi connectivity index (χ4v) is 2.59. The molecule has 0 amide bonds. The monoisotopic (exact) mass is 261 g/mol. The van der Waals surface area contributed by atoms with Gasteiger partial charge in [-0.25, -0.2) is 0 Å². The van der Waals surface area contributed by atoms with Crippen molar-refractivity contribution in [1.82, 2.24) is 15.1 Å². The Kier molecular flexibility index (Phi) is 6.66. The summed E-state index contributed by atoms with van der Waals surface area (Å²) >= 11 is 0. The van der Waals surface area contributed by atoms with Crippen LogP contribution in [0.15, 0.2) is 0 Å². The van der Waals surface area contributed by atoms with Gasteiger partial charge in [0.2, 0.25) is 0 Å². The Hall–Kier alpha value is -1.27. The van der Waals surface area contributed by atoms with E-state index in [-0.39, 0.29) is 0 Å². The number of nitrogens with zero attached hydrogens (tertiary/aromatic N) is 2. The molecule has 3 heteroatoms. The van der Waals surface area contributed by atoms with Gasteiger partial charge in [-0.2, -0.15) is 5.10 Å². The number of unbranched alkanes of at least 4 members (excludes halogenated alkanes) is 1. The molecule has 1 rings (SSSR count). The Bertz CT molecular complexity index is 426.